The van der Waals surface area contributed by atoms with Crippen LogP contribution < -0.4 is 5.32 Å². The van der Waals surface area contributed by atoms with Gasteiger partial charge in [-0.25, -0.2) is 0 Å². The molecule has 1 heterocycles. The van der Waals surface area contributed by atoms with Crippen LogP contribution in [0.2, 0.25) is 0 Å². The number of carbonyl (C=O) groups is 1. The zero-order valence-corrected chi connectivity index (χ0v) is 14.6. The van der Waals surface area contributed by atoms with Gasteiger partial charge in [0.05, 0.1) is 4.24 Å². The number of benzene rings is 2. The van der Waals surface area contributed by atoms with E-state index in [1.54, 1.807) is 6.07 Å². The highest BCUT2D eigenvalue weighted by molar-refractivity contribution is 8.22. The van der Waals surface area contributed by atoms with Crippen LogP contribution in [0.3, 0.4) is 0 Å². The van der Waals surface area contributed by atoms with E-state index in [-0.39, 0.29) is 17.1 Å². The predicted molar refractivity (Wildman–Crippen MR) is 98.6 cm³/mol. The number of amides is 1. The second-order valence-corrected chi connectivity index (χ2v) is 7.63. The number of thioether (sulfide) groups is 2. The van der Waals surface area contributed by atoms with Crippen LogP contribution in [0.25, 0.3) is 0 Å². The lowest BCUT2D eigenvalue weighted by molar-refractivity contribution is -0.117. The van der Waals surface area contributed by atoms with Crippen LogP contribution in [-0.4, -0.2) is 16.1 Å². The van der Waals surface area contributed by atoms with E-state index in [0.717, 1.165) is 5.56 Å². The van der Waals surface area contributed by atoms with E-state index in [9.17, 15) is 20.3 Å². The summed E-state index contributed by atoms with van der Waals surface area (Å²) in [7, 11) is 0. The Bertz CT molecular complexity index is 876. The fraction of sp³-hybridized carbons (Fsp3) is 0.111. The lowest BCUT2D eigenvalue weighted by Gasteiger charge is -2.25. The molecule has 2 aromatic rings. The van der Waals surface area contributed by atoms with Gasteiger partial charge in [-0.2, -0.15) is 5.26 Å². The molecule has 3 N–H and O–H groups in total. The average Bonchev–Trinajstić information content (AvgIpc) is 2.62. The molecule has 1 amide bonds. The van der Waals surface area contributed by atoms with Crippen LogP contribution in [0, 0.1) is 11.3 Å². The minimum absolute atomic E-state index is 0.102. The van der Waals surface area contributed by atoms with Crippen molar-refractivity contribution in [3.63, 3.8) is 0 Å². The number of nitriles is 1. The van der Waals surface area contributed by atoms with Gasteiger partial charge in [-0.1, -0.05) is 48.2 Å². The molecular formula is C18H14N2O3S2. The molecular weight excluding hydrogens is 356 g/mol. The smallest absolute Gasteiger partial charge is 0.264 e. The Hall–Kier alpha value is -2.56. The quantitative estimate of drug-likeness (QED) is 0.712. The molecule has 0 aliphatic carbocycles. The van der Waals surface area contributed by atoms with E-state index in [0.29, 0.717) is 15.6 Å². The van der Waals surface area contributed by atoms with E-state index in [4.69, 9.17) is 0 Å². The number of hydrogen-bond donors (Lipinski definition) is 3. The largest absolute Gasteiger partial charge is 0.504 e. The second-order valence-electron chi connectivity index (χ2n) is 5.27. The number of carbonyl (C=O) groups excluding carboxylic acids is 1. The maximum Gasteiger partial charge on any atom is 0.264 e. The van der Waals surface area contributed by atoms with Gasteiger partial charge in [-0.15, -0.1) is 11.8 Å². The van der Waals surface area contributed by atoms with Crippen molar-refractivity contribution >= 4 is 29.4 Å². The molecule has 5 nitrogen and oxygen atoms in total. The maximum absolute atomic E-state index is 12.3. The van der Waals surface area contributed by atoms with Crippen LogP contribution >= 0.6 is 23.5 Å². The third-order valence-corrected chi connectivity index (χ3v) is 6.18. The lowest BCUT2D eigenvalue weighted by atomic mass is 10.2. The van der Waals surface area contributed by atoms with E-state index >= 15 is 0 Å². The van der Waals surface area contributed by atoms with Gasteiger partial charge in [-0.05, 0) is 23.3 Å². The Balaban J connectivity index is 1.83. The highest BCUT2D eigenvalue weighted by atomic mass is 32.2. The maximum atomic E-state index is 12.3. The second kappa shape index (κ2) is 7.55. The molecule has 1 aliphatic heterocycles. The third kappa shape index (κ3) is 3.92. The number of nitrogens with one attached hydrogen (secondary N) is 1. The van der Waals surface area contributed by atoms with Crippen molar-refractivity contribution in [1.29, 1.82) is 5.26 Å². The van der Waals surface area contributed by atoms with Crippen LogP contribution in [0.4, 0.5) is 0 Å². The SMILES string of the molecule is N#CC1=C(SCc2ccccc2)S[C@@H](c2ccc(O)c(O)c2)NC1=O. The van der Waals surface area contributed by atoms with Gasteiger partial charge in [-0.3, -0.25) is 4.79 Å². The van der Waals surface area contributed by atoms with Gasteiger partial charge < -0.3 is 15.5 Å². The molecule has 0 saturated carbocycles. The first kappa shape index (κ1) is 17.3. The number of nitrogens with zero attached hydrogens (tertiary/aromatic N) is 1. The minimum atomic E-state index is -0.436. The van der Waals surface area contributed by atoms with E-state index in [1.807, 2.05) is 36.4 Å². The molecule has 7 heteroatoms. The van der Waals surface area contributed by atoms with E-state index in [2.05, 4.69) is 5.32 Å². The Morgan fingerprint density at radius 3 is 2.60 bits per heavy atom. The number of aromatic hydroxyl groups is 2. The normalized spacial score (nSPS) is 17.1. The number of phenols is 2. The monoisotopic (exact) mass is 370 g/mol. The first-order chi connectivity index (χ1) is 12.1. The Morgan fingerprint density at radius 2 is 1.92 bits per heavy atom. The molecule has 1 aliphatic rings. The summed E-state index contributed by atoms with van der Waals surface area (Å²) < 4.78 is 0.646. The van der Waals surface area contributed by atoms with Crippen molar-refractivity contribution in [2.75, 3.05) is 0 Å². The fourth-order valence-corrected chi connectivity index (χ4v) is 4.69. The van der Waals surface area contributed by atoms with Crippen molar-refractivity contribution in [2.24, 2.45) is 0 Å². The third-order valence-electron chi connectivity index (χ3n) is 3.55. The molecule has 0 spiro atoms. The molecule has 0 fully saturated rings. The molecule has 25 heavy (non-hydrogen) atoms. The molecule has 0 bridgehead atoms. The Labute approximate surface area is 153 Å². The first-order valence-electron chi connectivity index (χ1n) is 7.39. The molecule has 0 unspecified atom stereocenters. The van der Waals surface area contributed by atoms with Gasteiger partial charge in [0.15, 0.2) is 11.5 Å². The molecule has 3 rings (SSSR count). The van der Waals surface area contributed by atoms with Crippen molar-refractivity contribution in [2.45, 2.75) is 11.1 Å². The van der Waals surface area contributed by atoms with Crippen LogP contribution in [0.5, 0.6) is 11.5 Å². The first-order valence-corrected chi connectivity index (χ1v) is 9.25. The molecule has 0 aromatic heterocycles. The Kier molecular flexibility index (Phi) is 5.22. The highest BCUT2D eigenvalue weighted by Gasteiger charge is 2.29. The van der Waals surface area contributed by atoms with Crippen molar-refractivity contribution < 1.29 is 15.0 Å². The standard InChI is InChI=1S/C18H14N2O3S2/c19-9-13-16(23)20-17(12-6-7-14(21)15(22)8-12)25-18(13)24-10-11-4-2-1-3-5-11/h1-8,17,21-22H,10H2,(H,20,23)/t17-/m0/s1. The van der Waals surface area contributed by atoms with Gasteiger partial charge in [0.25, 0.3) is 5.91 Å². The van der Waals surface area contributed by atoms with Crippen molar-refractivity contribution in [3.8, 4) is 17.6 Å². The van der Waals surface area contributed by atoms with Crippen molar-refractivity contribution in [3.05, 3.63) is 69.5 Å². The van der Waals surface area contributed by atoms with Gasteiger partial charge in [0, 0.05) is 5.75 Å². The summed E-state index contributed by atoms with van der Waals surface area (Å²) in [4.78, 5) is 12.3. The summed E-state index contributed by atoms with van der Waals surface area (Å²) in [6.07, 6.45) is 0. The van der Waals surface area contributed by atoms with Gasteiger partial charge >= 0.3 is 0 Å². The minimum Gasteiger partial charge on any atom is -0.504 e. The summed E-state index contributed by atoms with van der Waals surface area (Å²) in [5.74, 6) is -0.257. The molecule has 0 saturated heterocycles. The average molecular weight is 370 g/mol. The summed E-state index contributed by atoms with van der Waals surface area (Å²) in [5, 5.41) is 30.7. The highest BCUT2D eigenvalue weighted by Crippen LogP contribution is 2.45. The predicted octanol–water partition coefficient (Wildman–Crippen LogP) is 3.63. The zero-order chi connectivity index (χ0) is 17.8. The van der Waals surface area contributed by atoms with Crippen LogP contribution in [0.15, 0.2) is 58.3 Å². The molecule has 0 radical (unpaired) electrons. The molecule has 126 valence electrons. The van der Waals surface area contributed by atoms with Crippen LogP contribution in [0.1, 0.15) is 16.5 Å². The van der Waals surface area contributed by atoms with Gasteiger partial charge in [0.1, 0.15) is 17.0 Å². The van der Waals surface area contributed by atoms with Gasteiger partial charge in [0.2, 0.25) is 0 Å². The van der Waals surface area contributed by atoms with Crippen LogP contribution in [-0.2, 0) is 10.5 Å². The van der Waals surface area contributed by atoms with Crippen molar-refractivity contribution in [1.82, 2.24) is 5.32 Å². The lowest BCUT2D eigenvalue weighted by Crippen LogP contribution is -2.31. The fourth-order valence-electron chi connectivity index (χ4n) is 2.26. The number of rotatable bonds is 4. The molecule has 1 atom stereocenters. The topological polar surface area (TPSA) is 93.3 Å². The van der Waals surface area contributed by atoms with E-state index in [1.165, 1.54) is 35.7 Å². The summed E-state index contributed by atoms with van der Waals surface area (Å²) in [6.45, 7) is 0. The summed E-state index contributed by atoms with van der Waals surface area (Å²) in [6, 6.07) is 16.2. The van der Waals surface area contributed by atoms with E-state index < -0.39 is 11.3 Å². The summed E-state index contributed by atoms with van der Waals surface area (Å²) in [5.41, 5.74) is 1.84. The number of phenolic OH excluding ortho intramolecular Hbond substituents is 2. The molecule has 2 aromatic carbocycles. The number of hydrogen-bond acceptors (Lipinski definition) is 6. The zero-order valence-electron chi connectivity index (χ0n) is 13.0. The summed E-state index contributed by atoms with van der Waals surface area (Å²) >= 11 is 2.79. The Morgan fingerprint density at radius 1 is 1.16 bits per heavy atom.